The monoisotopic (exact) mass is 296 g/mol. The maximum Gasteiger partial charge on any atom is 0.326 e. The van der Waals surface area contributed by atoms with Crippen LogP contribution in [0.4, 0.5) is 0 Å². The van der Waals surface area contributed by atoms with Crippen molar-refractivity contribution in [1.82, 2.24) is 10.6 Å². The average molecular weight is 296 g/mol. The van der Waals surface area contributed by atoms with Gasteiger partial charge in [-0.15, -0.1) is 0 Å². The Morgan fingerprint density at radius 1 is 1.10 bits per heavy atom. The lowest BCUT2D eigenvalue weighted by Gasteiger charge is -2.28. The molecule has 2 fully saturated rings. The molecular weight excluding hydrogens is 268 g/mol. The topological polar surface area (TPSA) is 78.4 Å². The fourth-order valence-electron chi connectivity index (χ4n) is 3.60. The molecule has 5 heteroatoms. The second-order valence-electron chi connectivity index (χ2n) is 6.51. The molecule has 1 atom stereocenters. The van der Waals surface area contributed by atoms with E-state index < -0.39 is 12.0 Å². The van der Waals surface area contributed by atoms with Gasteiger partial charge in [0.25, 0.3) is 0 Å². The summed E-state index contributed by atoms with van der Waals surface area (Å²) in [5.41, 5.74) is 0. The number of carboxylic acids is 1. The van der Waals surface area contributed by atoms with Crippen molar-refractivity contribution in [1.29, 1.82) is 0 Å². The minimum Gasteiger partial charge on any atom is -0.480 e. The molecule has 1 heterocycles. The van der Waals surface area contributed by atoms with Crippen LogP contribution in [0, 0.1) is 11.8 Å². The van der Waals surface area contributed by atoms with Gasteiger partial charge in [-0.2, -0.15) is 0 Å². The number of nitrogens with one attached hydrogen (secondary N) is 2. The van der Waals surface area contributed by atoms with Crippen molar-refractivity contribution in [2.45, 2.75) is 63.8 Å². The summed E-state index contributed by atoms with van der Waals surface area (Å²) in [6.07, 6.45) is 8.78. The Hall–Kier alpha value is -1.10. The number of rotatable bonds is 6. The molecule has 0 aromatic heterocycles. The molecule has 3 N–H and O–H groups in total. The van der Waals surface area contributed by atoms with Crippen molar-refractivity contribution >= 4 is 11.9 Å². The molecule has 1 amide bonds. The molecule has 1 unspecified atom stereocenters. The molecule has 120 valence electrons. The standard InChI is InChI=1S/C16H28N2O3/c19-14(7-6-12-8-10-17-11-9-12)18-15(16(20)21)13-4-2-1-3-5-13/h12-13,15,17H,1-11H2,(H,18,19)(H,20,21). The van der Waals surface area contributed by atoms with Crippen molar-refractivity contribution in [3.63, 3.8) is 0 Å². The summed E-state index contributed by atoms with van der Waals surface area (Å²) in [7, 11) is 0. The van der Waals surface area contributed by atoms with Crippen LogP contribution in [0.2, 0.25) is 0 Å². The molecule has 0 radical (unpaired) electrons. The molecule has 0 spiro atoms. The third-order valence-electron chi connectivity index (χ3n) is 4.94. The van der Waals surface area contributed by atoms with E-state index in [1.807, 2.05) is 0 Å². The van der Waals surface area contributed by atoms with E-state index in [1.165, 1.54) is 6.42 Å². The fraction of sp³-hybridized carbons (Fsp3) is 0.875. The molecule has 21 heavy (non-hydrogen) atoms. The normalized spacial score (nSPS) is 22.7. The minimum atomic E-state index is -0.878. The van der Waals surface area contributed by atoms with Gasteiger partial charge < -0.3 is 15.7 Å². The van der Waals surface area contributed by atoms with E-state index in [0.29, 0.717) is 12.3 Å². The molecule has 5 nitrogen and oxygen atoms in total. The van der Waals surface area contributed by atoms with Gasteiger partial charge in [0.05, 0.1) is 0 Å². The minimum absolute atomic E-state index is 0.0912. The zero-order chi connectivity index (χ0) is 15.1. The quantitative estimate of drug-likeness (QED) is 0.699. The van der Waals surface area contributed by atoms with Crippen LogP contribution in [0.25, 0.3) is 0 Å². The zero-order valence-corrected chi connectivity index (χ0v) is 12.8. The summed E-state index contributed by atoms with van der Waals surface area (Å²) in [5.74, 6) is -0.252. The van der Waals surface area contributed by atoms with Gasteiger partial charge in [-0.3, -0.25) is 4.79 Å². The first-order chi connectivity index (χ1) is 10.2. The first-order valence-electron chi connectivity index (χ1n) is 8.39. The van der Waals surface area contributed by atoms with Gasteiger partial charge in [0.2, 0.25) is 5.91 Å². The Kier molecular flexibility index (Phi) is 6.49. The molecule has 2 rings (SSSR count). The highest BCUT2D eigenvalue weighted by Gasteiger charge is 2.30. The lowest BCUT2D eigenvalue weighted by molar-refractivity contribution is -0.143. The lowest BCUT2D eigenvalue weighted by atomic mass is 9.83. The second-order valence-corrected chi connectivity index (χ2v) is 6.51. The fourth-order valence-corrected chi connectivity index (χ4v) is 3.60. The Morgan fingerprint density at radius 3 is 2.38 bits per heavy atom. The number of aliphatic carboxylic acids is 1. The molecule has 0 aromatic carbocycles. The number of amides is 1. The maximum atomic E-state index is 12.1. The van der Waals surface area contributed by atoms with E-state index >= 15 is 0 Å². The van der Waals surface area contributed by atoms with Gasteiger partial charge in [-0.25, -0.2) is 4.79 Å². The van der Waals surface area contributed by atoms with Crippen molar-refractivity contribution in [2.75, 3.05) is 13.1 Å². The average Bonchev–Trinajstić information content (AvgIpc) is 2.52. The first-order valence-corrected chi connectivity index (χ1v) is 8.39. The van der Waals surface area contributed by atoms with Gasteiger partial charge in [0.15, 0.2) is 0 Å². The van der Waals surface area contributed by atoms with E-state index in [0.717, 1.165) is 58.0 Å². The smallest absolute Gasteiger partial charge is 0.326 e. The third-order valence-corrected chi connectivity index (χ3v) is 4.94. The SMILES string of the molecule is O=C(CCC1CCNCC1)NC(C(=O)O)C1CCCCC1. The van der Waals surface area contributed by atoms with Crippen molar-refractivity contribution in [3.05, 3.63) is 0 Å². The molecule has 1 aliphatic carbocycles. The Morgan fingerprint density at radius 2 is 1.76 bits per heavy atom. The molecule has 1 aliphatic heterocycles. The summed E-state index contributed by atoms with van der Waals surface area (Å²) in [6.45, 7) is 2.07. The van der Waals surface area contributed by atoms with E-state index in [1.54, 1.807) is 0 Å². The van der Waals surface area contributed by atoms with Gasteiger partial charge in [-0.05, 0) is 57.0 Å². The van der Waals surface area contributed by atoms with Crippen LogP contribution in [0.15, 0.2) is 0 Å². The van der Waals surface area contributed by atoms with E-state index in [2.05, 4.69) is 10.6 Å². The summed E-state index contributed by atoms with van der Waals surface area (Å²) in [4.78, 5) is 23.5. The highest BCUT2D eigenvalue weighted by molar-refractivity contribution is 5.83. The van der Waals surface area contributed by atoms with Crippen LogP contribution in [-0.2, 0) is 9.59 Å². The molecule has 0 aromatic rings. The molecule has 0 bridgehead atoms. The number of hydrogen-bond acceptors (Lipinski definition) is 3. The third kappa shape index (κ3) is 5.30. The van der Waals surface area contributed by atoms with Crippen molar-refractivity contribution < 1.29 is 14.7 Å². The Labute approximate surface area is 126 Å². The van der Waals surface area contributed by atoms with Gasteiger partial charge >= 0.3 is 5.97 Å². The predicted octanol–water partition coefficient (Wildman–Crippen LogP) is 1.92. The predicted molar refractivity (Wildman–Crippen MR) is 81.0 cm³/mol. The van der Waals surface area contributed by atoms with Crippen LogP contribution in [-0.4, -0.2) is 36.1 Å². The Bertz CT molecular complexity index is 347. The molecule has 1 saturated carbocycles. The highest BCUT2D eigenvalue weighted by atomic mass is 16.4. The van der Waals surface area contributed by atoms with Crippen molar-refractivity contribution in [2.24, 2.45) is 11.8 Å². The molecular formula is C16H28N2O3. The molecule has 2 aliphatic rings. The Balaban J connectivity index is 1.76. The summed E-state index contributed by atoms with van der Waals surface area (Å²) in [6, 6.07) is -0.689. The second kappa shape index (κ2) is 8.37. The maximum absolute atomic E-state index is 12.1. The van der Waals surface area contributed by atoms with Crippen LogP contribution in [0.1, 0.15) is 57.8 Å². The number of carbonyl (C=O) groups is 2. The van der Waals surface area contributed by atoms with Gasteiger partial charge in [0, 0.05) is 6.42 Å². The summed E-state index contributed by atoms with van der Waals surface area (Å²) >= 11 is 0. The highest BCUT2D eigenvalue weighted by Crippen LogP contribution is 2.27. The van der Waals surface area contributed by atoms with Gasteiger partial charge in [0.1, 0.15) is 6.04 Å². The van der Waals surface area contributed by atoms with Crippen molar-refractivity contribution in [3.8, 4) is 0 Å². The summed E-state index contributed by atoms with van der Waals surface area (Å²) < 4.78 is 0. The van der Waals surface area contributed by atoms with Crippen LogP contribution >= 0.6 is 0 Å². The van der Waals surface area contributed by atoms with Gasteiger partial charge in [-0.1, -0.05) is 19.3 Å². The van der Waals surface area contributed by atoms with Crippen LogP contribution in [0.5, 0.6) is 0 Å². The summed E-state index contributed by atoms with van der Waals surface area (Å²) in [5, 5.41) is 15.5. The number of carboxylic acid groups (broad SMARTS) is 1. The number of carbonyl (C=O) groups excluding carboxylic acids is 1. The lowest BCUT2D eigenvalue weighted by Crippen LogP contribution is -2.46. The zero-order valence-electron chi connectivity index (χ0n) is 12.8. The largest absolute Gasteiger partial charge is 0.480 e. The molecule has 1 saturated heterocycles. The van der Waals surface area contributed by atoms with Crippen LogP contribution < -0.4 is 10.6 Å². The number of hydrogen-bond donors (Lipinski definition) is 3. The van der Waals surface area contributed by atoms with E-state index in [4.69, 9.17) is 0 Å². The number of piperidine rings is 1. The van der Waals surface area contributed by atoms with E-state index in [9.17, 15) is 14.7 Å². The van der Waals surface area contributed by atoms with E-state index in [-0.39, 0.29) is 11.8 Å². The first kappa shape index (κ1) is 16.3. The van der Waals surface area contributed by atoms with Crippen LogP contribution in [0.3, 0.4) is 0 Å².